The van der Waals surface area contributed by atoms with Crippen LogP contribution in [0.15, 0.2) is 36.5 Å². The zero-order valence-electron chi connectivity index (χ0n) is 12.0. The van der Waals surface area contributed by atoms with Gasteiger partial charge in [-0.05, 0) is 43.2 Å². The zero-order chi connectivity index (χ0) is 15.2. The number of carbonyl (C=O) groups is 1. The summed E-state index contributed by atoms with van der Waals surface area (Å²) >= 11 is 5.80. The van der Waals surface area contributed by atoms with Gasteiger partial charge in [-0.25, -0.2) is 4.98 Å². The van der Waals surface area contributed by atoms with Crippen LogP contribution in [0, 0.1) is 6.92 Å². The minimum Gasteiger partial charge on any atom is -0.491 e. The molecular formula is C16H17ClN2O2. The van der Waals surface area contributed by atoms with E-state index in [0.29, 0.717) is 23.6 Å². The fraction of sp³-hybridized carbons (Fsp3) is 0.250. The van der Waals surface area contributed by atoms with E-state index < -0.39 is 0 Å². The van der Waals surface area contributed by atoms with Crippen molar-refractivity contribution in [2.45, 2.75) is 20.3 Å². The van der Waals surface area contributed by atoms with Crippen molar-refractivity contribution in [1.29, 1.82) is 0 Å². The number of halogens is 1. The van der Waals surface area contributed by atoms with Crippen molar-refractivity contribution in [2.75, 3.05) is 11.9 Å². The van der Waals surface area contributed by atoms with Gasteiger partial charge in [-0.2, -0.15) is 0 Å². The maximum absolute atomic E-state index is 12.2. The van der Waals surface area contributed by atoms with E-state index >= 15 is 0 Å². The van der Waals surface area contributed by atoms with E-state index in [1.807, 2.05) is 32.0 Å². The molecule has 1 N–H and O–H groups in total. The van der Waals surface area contributed by atoms with Crippen molar-refractivity contribution < 1.29 is 9.53 Å². The van der Waals surface area contributed by atoms with E-state index in [-0.39, 0.29) is 11.1 Å². The molecule has 0 aliphatic heterocycles. The molecule has 1 heterocycles. The third-order valence-electron chi connectivity index (χ3n) is 2.84. The van der Waals surface area contributed by atoms with E-state index in [9.17, 15) is 4.79 Å². The van der Waals surface area contributed by atoms with E-state index in [1.54, 1.807) is 6.07 Å². The highest BCUT2D eigenvalue weighted by molar-refractivity contribution is 6.29. The molecule has 0 fully saturated rings. The van der Waals surface area contributed by atoms with Crippen molar-refractivity contribution in [3.05, 3.63) is 52.8 Å². The molecule has 110 valence electrons. The molecule has 0 radical (unpaired) electrons. The molecule has 0 aliphatic carbocycles. The number of hydrogen-bond donors (Lipinski definition) is 1. The number of carbonyl (C=O) groups excluding carboxylic acids is 1. The molecule has 2 aromatic rings. The average molecular weight is 305 g/mol. The number of benzene rings is 1. The van der Waals surface area contributed by atoms with E-state index in [0.717, 1.165) is 12.0 Å². The summed E-state index contributed by atoms with van der Waals surface area (Å²) in [6, 6.07) is 8.80. The predicted octanol–water partition coefficient (Wildman–Crippen LogP) is 4.08. The summed E-state index contributed by atoms with van der Waals surface area (Å²) in [6.45, 7) is 4.62. The molecule has 21 heavy (non-hydrogen) atoms. The first kappa shape index (κ1) is 15.3. The number of rotatable bonds is 5. The molecule has 2 rings (SSSR count). The van der Waals surface area contributed by atoms with Crippen LogP contribution in [0.5, 0.6) is 5.75 Å². The lowest BCUT2D eigenvalue weighted by Crippen LogP contribution is -2.13. The highest BCUT2D eigenvalue weighted by atomic mass is 35.5. The van der Waals surface area contributed by atoms with Crippen LogP contribution in [0.25, 0.3) is 0 Å². The standard InChI is InChI=1S/C16H17ClN2O2/c1-3-8-21-14-9-11(2)4-5-13(14)19-16(20)12-6-7-18-15(17)10-12/h4-7,9-10H,3,8H2,1-2H3,(H,19,20). The summed E-state index contributed by atoms with van der Waals surface area (Å²) in [4.78, 5) is 16.1. The van der Waals surface area contributed by atoms with Crippen LogP contribution >= 0.6 is 11.6 Å². The first-order valence-corrected chi connectivity index (χ1v) is 7.14. The summed E-state index contributed by atoms with van der Waals surface area (Å²) in [5, 5.41) is 3.13. The summed E-state index contributed by atoms with van der Waals surface area (Å²) in [5.41, 5.74) is 2.18. The van der Waals surface area contributed by atoms with Crippen LogP contribution in [0.3, 0.4) is 0 Å². The second kappa shape index (κ2) is 7.09. The monoisotopic (exact) mass is 304 g/mol. The van der Waals surface area contributed by atoms with Crippen molar-refractivity contribution in [2.24, 2.45) is 0 Å². The Balaban J connectivity index is 2.20. The van der Waals surface area contributed by atoms with Gasteiger partial charge in [-0.3, -0.25) is 4.79 Å². The molecule has 0 bridgehead atoms. The van der Waals surface area contributed by atoms with Gasteiger partial charge >= 0.3 is 0 Å². The molecule has 0 aliphatic rings. The molecule has 4 nitrogen and oxygen atoms in total. The second-order valence-corrected chi connectivity index (χ2v) is 5.06. The molecule has 5 heteroatoms. The summed E-state index contributed by atoms with van der Waals surface area (Å²) in [6.07, 6.45) is 2.40. The van der Waals surface area contributed by atoms with Crippen LogP contribution < -0.4 is 10.1 Å². The lowest BCUT2D eigenvalue weighted by Gasteiger charge is -2.13. The molecule has 0 unspecified atom stereocenters. The largest absolute Gasteiger partial charge is 0.491 e. The number of hydrogen-bond acceptors (Lipinski definition) is 3. The van der Waals surface area contributed by atoms with Gasteiger partial charge < -0.3 is 10.1 Å². The highest BCUT2D eigenvalue weighted by Gasteiger charge is 2.11. The van der Waals surface area contributed by atoms with E-state index in [2.05, 4.69) is 10.3 Å². The summed E-state index contributed by atoms with van der Waals surface area (Å²) in [7, 11) is 0. The van der Waals surface area contributed by atoms with Gasteiger partial charge in [0.2, 0.25) is 0 Å². The van der Waals surface area contributed by atoms with Gasteiger partial charge in [0.05, 0.1) is 12.3 Å². The van der Waals surface area contributed by atoms with Crippen molar-refractivity contribution in [3.8, 4) is 5.75 Å². The molecule has 0 saturated heterocycles. The fourth-order valence-electron chi connectivity index (χ4n) is 1.80. The van der Waals surface area contributed by atoms with Gasteiger partial charge in [0.1, 0.15) is 10.9 Å². The number of nitrogens with one attached hydrogen (secondary N) is 1. The lowest BCUT2D eigenvalue weighted by atomic mass is 10.2. The molecule has 0 atom stereocenters. The van der Waals surface area contributed by atoms with Crippen molar-refractivity contribution in [3.63, 3.8) is 0 Å². The van der Waals surface area contributed by atoms with Crippen LogP contribution in [0.4, 0.5) is 5.69 Å². The normalized spacial score (nSPS) is 10.2. The number of ether oxygens (including phenoxy) is 1. The average Bonchev–Trinajstić information content (AvgIpc) is 2.47. The number of aryl methyl sites for hydroxylation is 1. The Morgan fingerprint density at radius 3 is 2.86 bits per heavy atom. The third-order valence-corrected chi connectivity index (χ3v) is 3.04. The quantitative estimate of drug-likeness (QED) is 0.847. The van der Waals surface area contributed by atoms with E-state index in [4.69, 9.17) is 16.3 Å². The smallest absolute Gasteiger partial charge is 0.255 e. The lowest BCUT2D eigenvalue weighted by molar-refractivity contribution is 0.102. The predicted molar refractivity (Wildman–Crippen MR) is 84.2 cm³/mol. The van der Waals surface area contributed by atoms with Gasteiger partial charge in [-0.1, -0.05) is 24.6 Å². The number of amides is 1. The SMILES string of the molecule is CCCOc1cc(C)ccc1NC(=O)c1ccnc(Cl)c1. The first-order chi connectivity index (χ1) is 10.1. The second-order valence-electron chi connectivity index (χ2n) is 4.67. The van der Waals surface area contributed by atoms with Crippen molar-refractivity contribution in [1.82, 2.24) is 4.98 Å². The molecule has 1 amide bonds. The molecule has 1 aromatic heterocycles. The Hall–Kier alpha value is -2.07. The van der Waals surface area contributed by atoms with Crippen LogP contribution in [0.1, 0.15) is 29.3 Å². The first-order valence-electron chi connectivity index (χ1n) is 6.76. The summed E-state index contributed by atoms with van der Waals surface area (Å²) < 4.78 is 5.67. The highest BCUT2D eigenvalue weighted by Crippen LogP contribution is 2.26. The van der Waals surface area contributed by atoms with Crippen LogP contribution in [-0.2, 0) is 0 Å². The van der Waals surface area contributed by atoms with Crippen LogP contribution in [0.2, 0.25) is 5.15 Å². The number of nitrogens with zero attached hydrogens (tertiary/aromatic N) is 1. The van der Waals surface area contributed by atoms with Crippen LogP contribution in [-0.4, -0.2) is 17.5 Å². The van der Waals surface area contributed by atoms with E-state index in [1.165, 1.54) is 12.3 Å². The van der Waals surface area contributed by atoms with Gasteiger partial charge in [0.15, 0.2) is 0 Å². The fourth-order valence-corrected chi connectivity index (χ4v) is 1.98. The van der Waals surface area contributed by atoms with Gasteiger partial charge in [0, 0.05) is 11.8 Å². The maximum atomic E-state index is 12.2. The number of aromatic nitrogens is 1. The molecule has 0 spiro atoms. The summed E-state index contributed by atoms with van der Waals surface area (Å²) in [5.74, 6) is 0.426. The number of anilines is 1. The molecule has 0 saturated carbocycles. The maximum Gasteiger partial charge on any atom is 0.255 e. The molecule has 1 aromatic carbocycles. The van der Waals surface area contributed by atoms with Gasteiger partial charge in [-0.15, -0.1) is 0 Å². The number of pyridine rings is 1. The Kier molecular flexibility index (Phi) is 5.17. The minimum atomic E-state index is -0.246. The molecular weight excluding hydrogens is 288 g/mol. The third kappa shape index (κ3) is 4.20. The van der Waals surface area contributed by atoms with Crippen molar-refractivity contribution >= 4 is 23.2 Å². The topological polar surface area (TPSA) is 51.2 Å². The van der Waals surface area contributed by atoms with Gasteiger partial charge in [0.25, 0.3) is 5.91 Å². The zero-order valence-corrected chi connectivity index (χ0v) is 12.8. The Morgan fingerprint density at radius 1 is 1.33 bits per heavy atom. The Bertz CT molecular complexity index is 644. The Labute approximate surface area is 129 Å². The minimum absolute atomic E-state index is 0.246. The Morgan fingerprint density at radius 2 is 2.14 bits per heavy atom.